The van der Waals surface area contributed by atoms with E-state index in [2.05, 4.69) is 15.4 Å². The van der Waals surface area contributed by atoms with Gasteiger partial charge >= 0.3 is 0 Å². The Balaban J connectivity index is 2.27. The Morgan fingerprint density at radius 3 is 2.56 bits per heavy atom. The average molecular weight is 269 g/mol. The maximum Gasteiger partial charge on any atom is 0.102 e. The van der Waals surface area contributed by atoms with Crippen LogP contribution in [0.5, 0.6) is 0 Å². The first-order valence-electron chi connectivity index (χ1n) is 5.66. The van der Waals surface area contributed by atoms with E-state index in [-0.39, 0.29) is 0 Å². The van der Waals surface area contributed by atoms with Gasteiger partial charge in [0.25, 0.3) is 0 Å². The Kier molecular flexibility index (Phi) is 3.16. The summed E-state index contributed by atoms with van der Waals surface area (Å²) >= 11 is 6.19. The molecule has 18 heavy (non-hydrogen) atoms. The summed E-state index contributed by atoms with van der Waals surface area (Å²) in [5.74, 6) is 0. The molecule has 2 aromatic heterocycles. The normalized spacial score (nSPS) is 12.1. The highest BCUT2D eigenvalue weighted by atomic mass is 35.5. The second kappa shape index (κ2) is 4.37. The van der Waals surface area contributed by atoms with Gasteiger partial charge in [-0.05, 0) is 20.8 Å². The smallest absolute Gasteiger partial charge is 0.102 e. The number of hydrogen-bond acceptors (Lipinski definition) is 4. The van der Waals surface area contributed by atoms with E-state index in [4.69, 9.17) is 17.3 Å². The van der Waals surface area contributed by atoms with Gasteiger partial charge in [-0.1, -0.05) is 16.8 Å². The maximum atomic E-state index is 6.19. The van der Waals surface area contributed by atoms with Crippen molar-refractivity contribution >= 4 is 11.6 Å². The highest BCUT2D eigenvalue weighted by Crippen LogP contribution is 2.20. The molecule has 6 nitrogen and oxygen atoms in total. The van der Waals surface area contributed by atoms with Crippen LogP contribution in [0.4, 0.5) is 0 Å². The molecule has 0 unspecified atom stereocenters. The van der Waals surface area contributed by atoms with Crippen LogP contribution in [0.15, 0.2) is 6.20 Å². The second-order valence-corrected chi connectivity index (χ2v) is 5.37. The molecule has 0 aromatic carbocycles. The predicted octanol–water partition coefficient (Wildman–Crippen LogP) is 1.22. The van der Waals surface area contributed by atoms with Crippen LogP contribution in [-0.2, 0) is 19.1 Å². The molecule has 0 aliphatic rings. The van der Waals surface area contributed by atoms with Crippen LogP contribution >= 0.6 is 11.6 Å². The van der Waals surface area contributed by atoms with Gasteiger partial charge in [0.15, 0.2) is 0 Å². The third kappa shape index (κ3) is 2.39. The van der Waals surface area contributed by atoms with E-state index in [0.29, 0.717) is 11.6 Å². The SMILES string of the molecule is Cc1nn(C)c(Cn2cc(C(C)(C)N)nn2)c1Cl. The quantitative estimate of drug-likeness (QED) is 0.908. The molecule has 2 heterocycles. The van der Waals surface area contributed by atoms with E-state index in [1.165, 1.54) is 0 Å². The van der Waals surface area contributed by atoms with E-state index in [0.717, 1.165) is 17.1 Å². The van der Waals surface area contributed by atoms with Crippen LogP contribution in [0.25, 0.3) is 0 Å². The summed E-state index contributed by atoms with van der Waals surface area (Å²) in [5.41, 5.74) is 7.94. The van der Waals surface area contributed by atoms with Crippen molar-refractivity contribution in [3.8, 4) is 0 Å². The molecule has 0 aliphatic heterocycles. The van der Waals surface area contributed by atoms with Gasteiger partial charge in [-0.25, -0.2) is 4.68 Å². The summed E-state index contributed by atoms with van der Waals surface area (Å²) < 4.78 is 3.47. The van der Waals surface area contributed by atoms with Crippen LogP contribution in [-0.4, -0.2) is 24.8 Å². The molecule has 0 spiro atoms. The average Bonchev–Trinajstić information content (AvgIpc) is 2.80. The van der Waals surface area contributed by atoms with Gasteiger partial charge in [0.2, 0.25) is 0 Å². The lowest BCUT2D eigenvalue weighted by atomic mass is 10.0. The molecule has 2 N–H and O–H groups in total. The molecule has 0 bridgehead atoms. The molecule has 0 radical (unpaired) electrons. The van der Waals surface area contributed by atoms with Crippen molar-refractivity contribution in [3.05, 3.63) is 28.3 Å². The number of rotatable bonds is 3. The number of aromatic nitrogens is 5. The van der Waals surface area contributed by atoms with Crippen LogP contribution in [0.2, 0.25) is 5.02 Å². The van der Waals surface area contributed by atoms with Gasteiger partial charge in [0.1, 0.15) is 5.69 Å². The summed E-state index contributed by atoms with van der Waals surface area (Å²) in [6.07, 6.45) is 1.83. The molecule has 0 saturated heterocycles. The van der Waals surface area contributed by atoms with Gasteiger partial charge in [-0.3, -0.25) is 4.68 Å². The fourth-order valence-corrected chi connectivity index (χ4v) is 1.90. The predicted molar refractivity (Wildman–Crippen MR) is 69.3 cm³/mol. The monoisotopic (exact) mass is 268 g/mol. The van der Waals surface area contributed by atoms with Gasteiger partial charge in [0.05, 0.1) is 34.7 Å². The van der Waals surface area contributed by atoms with Gasteiger partial charge in [-0.15, -0.1) is 5.10 Å². The lowest BCUT2D eigenvalue weighted by molar-refractivity contribution is 0.533. The first kappa shape index (κ1) is 13.0. The summed E-state index contributed by atoms with van der Waals surface area (Å²) in [5, 5.41) is 13.1. The minimum absolute atomic E-state index is 0.496. The molecule has 0 amide bonds. The zero-order chi connectivity index (χ0) is 13.5. The first-order chi connectivity index (χ1) is 8.29. The summed E-state index contributed by atoms with van der Waals surface area (Å²) in [7, 11) is 1.86. The Morgan fingerprint density at radius 2 is 2.11 bits per heavy atom. The minimum Gasteiger partial charge on any atom is -0.320 e. The van der Waals surface area contributed by atoms with Crippen molar-refractivity contribution in [1.29, 1.82) is 0 Å². The zero-order valence-electron chi connectivity index (χ0n) is 11.0. The molecular formula is C11H17ClN6. The van der Waals surface area contributed by atoms with Crippen molar-refractivity contribution in [2.75, 3.05) is 0 Å². The molecule has 2 rings (SSSR count). The highest BCUT2D eigenvalue weighted by Gasteiger charge is 2.19. The molecule has 0 fully saturated rings. The Morgan fingerprint density at radius 1 is 1.44 bits per heavy atom. The lowest BCUT2D eigenvalue weighted by Gasteiger charge is -2.13. The molecule has 0 aliphatic carbocycles. The van der Waals surface area contributed by atoms with Crippen molar-refractivity contribution in [2.45, 2.75) is 32.9 Å². The topological polar surface area (TPSA) is 74.5 Å². The molecule has 0 atom stereocenters. The van der Waals surface area contributed by atoms with Crippen LogP contribution in [0.1, 0.15) is 30.9 Å². The van der Waals surface area contributed by atoms with Gasteiger partial charge < -0.3 is 5.73 Å². The number of halogens is 1. The zero-order valence-corrected chi connectivity index (χ0v) is 11.7. The van der Waals surface area contributed by atoms with E-state index >= 15 is 0 Å². The molecule has 7 heteroatoms. The summed E-state index contributed by atoms with van der Waals surface area (Å²) in [4.78, 5) is 0. The highest BCUT2D eigenvalue weighted by molar-refractivity contribution is 6.31. The summed E-state index contributed by atoms with van der Waals surface area (Å²) in [6, 6.07) is 0. The number of aryl methyl sites for hydroxylation is 2. The molecular weight excluding hydrogens is 252 g/mol. The van der Waals surface area contributed by atoms with Crippen LogP contribution < -0.4 is 5.73 Å². The number of nitrogens with two attached hydrogens (primary N) is 1. The second-order valence-electron chi connectivity index (χ2n) is 4.99. The van der Waals surface area contributed by atoms with E-state index in [1.54, 1.807) is 9.36 Å². The van der Waals surface area contributed by atoms with Gasteiger partial charge in [-0.2, -0.15) is 5.10 Å². The van der Waals surface area contributed by atoms with Crippen molar-refractivity contribution in [2.24, 2.45) is 12.8 Å². The first-order valence-corrected chi connectivity index (χ1v) is 6.04. The number of hydrogen-bond donors (Lipinski definition) is 1. The Labute approximate surface area is 111 Å². The van der Waals surface area contributed by atoms with E-state index in [1.807, 2.05) is 34.0 Å². The maximum absolute atomic E-state index is 6.19. The van der Waals surface area contributed by atoms with Crippen LogP contribution in [0, 0.1) is 6.92 Å². The Bertz CT molecular complexity index is 563. The number of nitrogens with zero attached hydrogens (tertiary/aromatic N) is 5. The summed E-state index contributed by atoms with van der Waals surface area (Å²) in [6.45, 7) is 6.19. The molecule has 98 valence electrons. The van der Waals surface area contributed by atoms with Crippen LogP contribution in [0.3, 0.4) is 0 Å². The third-order valence-electron chi connectivity index (χ3n) is 2.77. The van der Waals surface area contributed by atoms with E-state index in [9.17, 15) is 0 Å². The Hall–Kier alpha value is -1.40. The van der Waals surface area contributed by atoms with Crippen molar-refractivity contribution in [1.82, 2.24) is 24.8 Å². The fraction of sp³-hybridized carbons (Fsp3) is 0.545. The van der Waals surface area contributed by atoms with E-state index < -0.39 is 5.54 Å². The van der Waals surface area contributed by atoms with Gasteiger partial charge in [0, 0.05) is 7.05 Å². The fourth-order valence-electron chi connectivity index (χ4n) is 1.68. The third-order valence-corrected chi connectivity index (χ3v) is 3.26. The largest absolute Gasteiger partial charge is 0.320 e. The van der Waals surface area contributed by atoms with Crippen molar-refractivity contribution < 1.29 is 0 Å². The molecule has 2 aromatic rings. The van der Waals surface area contributed by atoms with Crippen molar-refractivity contribution in [3.63, 3.8) is 0 Å². The lowest BCUT2D eigenvalue weighted by Crippen LogP contribution is -2.29. The minimum atomic E-state index is -0.496. The molecule has 0 saturated carbocycles. The standard InChI is InChI=1S/C11H17ClN6/c1-7-10(12)8(17(4)15-7)5-18-6-9(14-16-18)11(2,3)13/h6H,5,13H2,1-4H3.